The van der Waals surface area contributed by atoms with E-state index in [2.05, 4.69) is 17.1 Å². The summed E-state index contributed by atoms with van der Waals surface area (Å²) in [6, 6.07) is 0.846. The van der Waals surface area contributed by atoms with Gasteiger partial charge in [-0.3, -0.25) is 0 Å². The van der Waals surface area contributed by atoms with E-state index in [1.54, 1.807) is 0 Å². The molecular formula is C12H24N2. The van der Waals surface area contributed by atoms with E-state index in [0.29, 0.717) is 0 Å². The number of nitrogens with one attached hydrogen (secondary N) is 1. The van der Waals surface area contributed by atoms with E-state index in [4.69, 9.17) is 0 Å². The van der Waals surface area contributed by atoms with Crippen molar-refractivity contribution in [3.05, 3.63) is 0 Å². The monoisotopic (exact) mass is 196 g/mol. The van der Waals surface area contributed by atoms with Gasteiger partial charge < -0.3 is 10.2 Å². The van der Waals surface area contributed by atoms with Crippen LogP contribution in [0.25, 0.3) is 0 Å². The van der Waals surface area contributed by atoms with Gasteiger partial charge in [0.25, 0.3) is 0 Å². The van der Waals surface area contributed by atoms with Crippen LogP contribution in [-0.2, 0) is 0 Å². The minimum atomic E-state index is 0.846. The molecule has 1 N–H and O–H groups in total. The second-order valence-electron chi connectivity index (χ2n) is 4.92. The van der Waals surface area contributed by atoms with Gasteiger partial charge in [-0.25, -0.2) is 0 Å². The highest BCUT2D eigenvalue weighted by molar-refractivity contribution is 4.79. The number of rotatable bonds is 4. The predicted octanol–water partition coefficient (Wildman–Crippen LogP) is 1.86. The Morgan fingerprint density at radius 3 is 2.43 bits per heavy atom. The van der Waals surface area contributed by atoms with Crippen LogP contribution in [0.2, 0.25) is 0 Å². The van der Waals surface area contributed by atoms with Gasteiger partial charge >= 0.3 is 0 Å². The Hall–Kier alpha value is -0.0800. The second-order valence-corrected chi connectivity index (χ2v) is 4.92. The lowest BCUT2D eigenvalue weighted by Crippen LogP contribution is -2.45. The summed E-state index contributed by atoms with van der Waals surface area (Å²) in [6.07, 6.45) is 7.05. The summed E-state index contributed by atoms with van der Waals surface area (Å²) in [5.74, 6) is 1.02. The SMILES string of the molecule is CCC1CCN(CCC2CCN2)CC1. The third kappa shape index (κ3) is 2.71. The molecule has 82 valence electrons. The number of hydrogen-bond donors (Lipinski definition) is 1. The quantitative estimate of drug-likeness (QED) is 0.738. The van der Waals surface area contributed by atoms with Crippen molar-refractivity contribution in [1.82, 2.24) is 10.2 Å². The van der Waals surface area contributed by atoms with Crippen LogP contribution in [0.5, 0.6) is 0 Å². The van der Waals surface area contributed by atoms with Crippen molar-refractivity contribution in [3.8, 4) is 0 Å². The number of nitrogens with zero attached hydrogens (tertiary/aromatic N) is 1. The first-order valence-electron chi connectivity index (χ1n) is 6.34. The Bertz CT molecular complexity index is 158. The molecule has 2 rings (SSSR count). The van der Waals surface area contributed by atoms with E-state index in [9.17, 15) is 0 Å². The third-order valence-corrected chi connectivity index (χ3v) is 4.00. The average molecular weight is 196 g/mol. The van der Waals surface area contributed by atoms with Gasteiger partial charge in [-0.1, -0.05) is 13.3 Å². The zero-order valence-corrected chi connectivity index (χ0v) is 9.47. The molecule has 2 nitrogen and oxygen atoms in total. The van der Waals surface area contributed by atoms with Crippen molar-refractivity contribution in [2.24, 2.45) is 5.92 Å². The highest BCUT2D eigenvalue weighted by Gasteiger charge is 2.20. The van der Waals surface area contributed by atoms with Crippen LogP contribution in [0, 0.1) is 5.92 Å². The lowest BCUT2D eigenvalue weighted by Gasteiger charge is -2.34. The van der Waals surface area contributed by atoms with Crippen molar-refractivity contribution < 1.29 is 0 Å². The summed E-state index contributed by atoms with van der Waals surface area (Å²) < 4.78 is 0. The topological polar surface area (TPSA) is 15.3 Å². The standard InChI is InChI=1S/C12H24N2/c1-2-11-4-8-14(9-5-11)10-6-12-3-7-13-12/h11-13H,2-10H2,1H3. The number of hydrogen-bond acceptors (Lipinski definition) is 2. The number of piperidine rings is 1. The molecule has 0 aromatic heterocycles. The lowest BCUT2D eigenvalue weighted by molar-refractivity contribution is 0.167. The molecule has 2 aliphatic rings. The van der Waals surface area contributed by atoms with E-state index in [1.165, 1.54) is 58.3 Å². The summed E-state index contributed by atoms with van der Waals surface area (Å²) in [5.41, 5.74) is 0. The molecule has 2 fully saturated rings. The Kier molecular flexibility index (Phi) is 3.82. The Balaban J connectivity index is 1.58. The highest BCUT2D eigenvalue weighted by atomic mass is 15.1. The van der Waals surface area contributed by atoms with Gasteiger partial charge in [0.1, 0.15) is 0 Å². The zero-order chi connectivity index (χ0) is 9.80. The van der Waals surface area contributed by atoms with Crippen LogP contribution in [0.1, 0.15) is 39.0 Å². The van der Waals surface area contributed by atoms with E-state index in [0.717, 1.165) is 12.0 Å². The molecule has 2 saturated heterocycles. The molecule has 0 aliphatic carbocycles. The molecule has 1 atom stereocenters. The molecule has 14 heavy (non-hydrogen) atoms. The van der Waals surface area contributed by atoms with Crippen molar-refractivity contribution >= 4 is 0 Å². The molecule has 2 heterocycles. The van der Waals surface area contributed by atoms with Gasteiger partial charge in [0.15, 0.2) is 0 Å². The second kappa shape index (κ2) is 5.13. The van der Waals surface area contributed by atoms with Gasteiger partial charge in [-0.15, -0.1) is 0 Å². The molecule has 1 unspecified atom stereocenters. The zero-order valence-electron chi connectivity index (χ0n) is 9.47. The normalized spacial score (nSPS) is 30.2. The fourth-order valence-corrected chi connectivity index (χ4v) is 2.55. The van der Waals surface area contributed by atoms with E-state index in [-0.39, 0.29) is 0 Å². The lowest BCUT2D eigenvalue weighted by atomic mass is 9.94. The minimum Gasteiger partial charge on any atom is -0.314 e. The summed E-state index contributed by atoms with van der Waals surface area (Å²) in [5, 5.41) is 3.48. The van der Waals surface area contributed by atoms with Gasteiger partial charge in [0, 0.05) is 6.04 Å². The maximum absolute atomic E-state index is 3.48. The largest absolute Gasteiger partial charge is 0.314 e. The Morgan fingerprint density at radius 1 is 1.21 bits per heavy atom. The highest BCUT2D eigenvalue weighted by Crippen LogP contribution is 2.20. The molecule has 2 heteroatoms. The number of likely N-dealkylation sites (tertiary alicyclic amines) is 1. The molecule has 0 amide bonds. The van der Waals surface area contributed by atoms with Crippen LogP contribution >= 0.6 is 0 Å². The summed E-state index contributed by atoms with van der Waals surface area (Å²) in [7, 11) is 0. The van der Waals surface area contributed by atoms with E-state index < -0.39 is 0 Å². The van der Waals surface area contributed by atoms with Crippen LogP contribution in [0.15, 0.2) is 0 Å². The van der Waals surface area contributed by atoms with Crippen molar-refractivity contribution in [2.45, 2.75) is 45.1 Å². The van der Waals surface area contributed by atoms with Crippen molar-refractivity contribution in [3.63, 3.8) is 0 Å². The molecule has 0 spiro atoms. The first-order valence-corrected chi connectivity index (χ1v) is 6.34. The molecule has 0 saturated carbocycles. The average Bonchev–Trinajstić information content (AvgIpc) is 2.16. The maximum Gasteiger partial charge on any atom is 0.00913 e. The Labute approximate surface area is 88.1 Å². The molecular weight excluding hydrogens is 172 g/mol. The molecule has 0 radical (unpaired) electrons. The molecule has 2 aliphatic heterocycles. The van der Waals surface area contributed by atoms with Crippen LogP contribution < -0.4 is 5.32 Å². The summed E-state index contributed by atoms with van der Waals surface area (Å²) in [4.78, 5) is 2.66. The van der Waals surface area contributed by atoms with Crippen LogP contribution in [-0.4, -0.2) is 37.1 Å². The van der Waals surface area contributed by atoms with Crippen molar-refractivity contribution in [1.29, 1.82) is 0 Å². The maximum atomic E-state index is 3.48. The van der Waals surface area contributed by atoms with Crippen LogP contribution in [0.3, 0.4) is 0 Å². The third-order valence-electron chi connectivity index (χ3n) is 4.00. The minimum absolute atomic E-state index is 0.846. The predicted molar refractivity (Wildman–Crippen MR) is 60.5 cm³/mol. The van der Waals surface area contributed by atoms with Gasteiger partial charge in [0.05, 0.1) is 0 Å². The Morgan fingerprint density at radius 2 is 1.93 bits per heavy atom. The van der Waals surface area contributed by atoms with E-state index in [1.807, 2.05) is 0 Å². The van der Waals surface area contributed by atoms with Gasteiger partial charge in [-0.2, -0.15) is 0 Å². The molecule has 0 aromatic carbocycles. The first kappa shape index (κ1) is 10.4. The van der Waals surface area contributed by atoms with Crippen LogP contribution in [0.4, 0.5) is 0 Å². The first-order chi connectivity index (χ1) is 6.88. The fraction of sp³-hybridized carbons (Fsp3) is 1.00. The molecule has 0 bridgehead atoms. The van der Waals surface area contributed by atoms with Gasteiger partial charge in [0.2, 0.25) is 0 Å². The van der Waals surface area contributed by atoms with Crippen molar-refractivity contribution in [2.75, 3.05) is 26.2 Å². The van der Waals surface area contributed by atoms with E-state index >= 15 is 0 Å². The fourth-order valence-electron chi connectivity index (χ4n) is 2.55. The molecule has 0 aromatic rings. The summed E-state index contributed by atoms with van der Waals surface area (Å²) >= 11 is 0. The van der Waals surface area contributed by atoms with Gasteiger partial charge in [-0.05, 0) is 57.8 Å². The smallest absolute Gasteiger partial charge is 0.00913 e. The summed E-state index contributed by atoms with van der Waals surface area (Å²) in [6.45, 7) is 7.62.